The van der Waals surface area contributed by atoms with Crippen LogP contribution in [0.3, 0.4) is 0 Å². The highest BCUT2D eigenvalue weighted by molar-refractivity contribution is 5.95. The van der Waals surface area contributed by atoms with Gasteiger partial charge in [0, 0.05) is 38.8 Å². The molecule has 3 aliphatic heterocycles. The van der Waals surface area contributed by atoms with Crippen molar-refractivity contribution >= 4 is 18.3 Å². The topological polar surface area (TPSA) is 71.8 Å². The Morgan fingerprint density at radius 2 is 2.04 bits per heavy atom. The molecule has 3 aliphatic rings. The number of carbonyl (C=O) groups excluding carboxylic acids is 1. The lowest BCUT2D eigenvalue weighted by Gasteiger charge is -2.45. The van der Waals surface area contributed by atoms with Gasteiger partial charge < -0.3 is 19.4 Å². The van der Waals surface area contributed by atoms with Crippen LogP contribution >= 0.6 is 12.4 Å². The maximum absolute atomic E-state index is 13.2. The number of amides is 1. The number of nitrogens with zero attached hydrogens (tertiary/aromatic N) is 1. The van der Waals surface area contributed by atoms with Crippen molar-refractivity contribution in [2.24, 2.45) is 5.41 Å². The van der Waals surface area contributed by atoms with E-state index in [0.717, 1.165) is 76.9 Å². The molecule has 0 bridgehead atoms. The van der Waals surface area contributed by atoms with Crippen LogP contribution in [0.25, 0.3) is 0 Å². The number of nitrogens with one attached hydrogen (secondary N) is 1. The van der Waals surface area contributed by atoms with Gasteiger partial charge in [-0.1, -0.05) is 0 Å². The second-order valence-electron chi connectivity index (χ2n) is 8.48. The first-order chi connectivity index (χ1) is 13.1. The molecular formula is C21H31ClN2O4. The number of piperidine rings is 2. The number of carbonyl (C=O) groups is 1. The van der Waals surface area contributed by atoms with Crippen LogP contribution in [0.5, 0.6) is 0 Å². The fraction of sp³-hybridized carbons (Fsp3) is 0.714. The molecule has 28 heavy (non-hydrogen) atoms. The molecule has 1 spiro atoms. The summed E-state index contributed by atoms with van der Waals surface area (Å²) < 4.78 is 11.1. The summed E-state index contributed by atoms with van der Waals surface area (Å²) in [4.78, 5) is 27.7. The predicted molar refractivity (Wildman–Crippen MR) is 109 cm³/mol. The van der Waals surface area contributed by atoms with E-state index < -0.39 is 5.63 Å². The van der Waals surface area contributed by atoms with Crippen molar-refractivity contribution < 1.29 is 13.9 Å². The quantitative estimate of drug-likeness (QED) is 0.811. The molecule has 6 nitrogen and oxygen atoms in total. The first kappa shape index (κ1) is 21.3. The zero-order valence-electron chi connectivity index (χ0n) is 16.6. The van der Waals surface area contributed by atoms with Gasteiger partial charge in [-0.15, -0.1) is 12.4 Å². The number of hydrogen-bond acceptors (Lipinski definition) is 5. The first-order valence-electron chi connectivity index (χ1n) is 10.3. The first-order valence-corrected chi connectivity index (χ1v) is 10.3. The van der Waals surface area contributed by atoms with Crippen molar-refractivity contribution in [1.82, 2.24) is 10.2 Å². The summed E-state index contributed by atoms with van der Waals surface area (Å²) in [7, 11) is 0. The van der Waals surface area contributed by atoms with Gasteiger partial charge in [-0.3, -0.25) is 4.79 Å². The van der Waals surface area contributed by atoms with Crippen LogP contribution in [0, 0.1) is 12.3 Å². The maximum atomic E-state index is 13.2. The number of halogens is 1. The monoisotopic (exact) mass is 410 g/mol. The molecule has 3 fully saturated rings. The van der Waals surface area contributed by atoms with E-state index in [1.54, 1.807) is 0 Å². The van der Waals surface area contributed by atoms with Crippen LogP contribution in [0.1, 0.15) is 66.1 Å². The predicted octanol–water partition coefficient (Wildman–Crippen LogP) is 2.87. The normalized spacial score (nSPS) is 24.6. The van der Waals surface area contributed by atoms with Crippen molar-refractivity contribution in [3.63, 3.8) is 0 Å². The second kappa shape index (κ2) is 8.97. The molecule has 4 heterocycles. The molecule has 3 saturated heterocycles. The van der Waals surface area contributed by atoms with Crippen molar-refractivity contribution in [1.29, 1.82) is 0 Å². The lowest BCUT2D eigenvalue weighted by atomic mass is 9.74. The highest BCUT2D eigenvalue weighted by Crippen LogP contribution is 2.39. The van der Waals surface area contributed by atoms with Gasteiger partial charge in [0.15, 0.2) is 0 Å². The SMILES string of the molecule is Cc1cc(C2CCCNC2)oc(=O)c1C(=O)N1CCCC2(CCOCC2)C1.Cl. The Morgan fingerprint density at radius 3 is 2.71 bits per heavy atom. The van der Waals surface area contributed by atoms with Crippen LogP contribution in [0.4, 0.5) is 0 Å². The Labute approximate surface area is 172 Å². The zero-order chi connectivity index (χ0) is 18.9. The summed E-state index contributed by atoms with van der Waals surface area (Å²) in [5.74, 6) is 0.760. The summed E-state index contributed by atoms with van der Waals surface area (Å²) in [5.41, 5.74) is 0.635. The molecule has 1 aromatic heterocycles. The summed E-state index contributed by atoms with van der Waals surface area (Å²) in [5, 5.41) is 3.35. The highest BCUT2D eigenvalue weighted by Gasteiger charge is 2.39. The molecule has 1 atom stereocenters. The van der Waals surface area contributed by atoms with Crippen LogP contribution in [0.15, 0.2) is 15.3 Å². The summed E-state index contributed by atoms with van der Waals surface area (Å²) in [6.07, 6.45) is 6.21. The van der Waals surface area contributed by atoms with Crippen LogP contribution in [0.2, 0.25) is 0 Å². The van der Waals surface area contributed by atoms with Crippen molar-refractivity contribution in [3.05, 3.63) is 33.4 Å². The molecule has 1 aromatic rings. The molecule has 0 saturated carbocycles. The molecule has 1 amide bonds. The Morgan fingerprint density at radius 1 is 1.25 bits per heavy atom. The Balaban J connectivity index is 0.00000225. The minimum Gasteiger partial charge on any atom is -0.427 e. The van der Waals surface area contributed by atoms with E-state index in [9.17, 15) is 9.59 Å². The van der Waals surface area contributed by atoms with E-state index >= 15 is 0 Å². The highest BCUT2D eigenvalue weighted by atomic mass is 35.5. The summed E-state index contributed by atoms with van der Waals surface area (Å²) in [6, 6.07) is 1.90. The molecule has 1 N–H and O–H groups in total. The van der Waals surface area contributed by atoms with E-state index in [1.165, 1.54) is 0 Å². The molecule has 0 aromatic carbocycles. The van der Waals surface area contributed by atoms with Gasteiger partial charge in [-0.05, 0) is 69.0 Å². The molecular weight excluding hydrogens is 380 g/mol. The average molecular weight is 411 g/mol. The molecule has 4 rings (SSSR count). The van der Waals surface area contributed by atoms with Crippen LogP contribution in [-0.4, -0.2) is 50.2 Å². The third-order valence-corrected chi connectivity index (χ3v) is 6.58. The summed E-state index contributed by atoms with van der Waals surface area (Å²) >= 11 is 0. The van der Waals surface area contributed by atoms with Gasteiger partial charge >= 0.3 is 5.63 Å². The van der Waals surface area contributed by atoms with E-state index in [4.69, 9.17) is 9.15 Å². The molecule has 0 aliphatic carbocycles. The van der Waals surface area contributed by atoms with Gasteiger partial charge in [-0.25, -0.2) is 4.79 Å². The lowest BCUT2D eigenvalue weighted by Crippen LogP contribution is -2.49. The molecule has 7 heteroatoms. The number of likely N-dealkylation sites (tertiary alicyclic amines) is 1. The molecule has 1 unspecified atom stereocenters. The van der Waals surface area contributed by atoms with Gasteiger partial charge in [-0.2, -0.15) is 0 Å². The Kier molecular flexibility index (Phi) is 6.84. The van der Waals surface area contributed by atoms with Crippen LogP contribution in [-0.2, 0) is 4.74 Å². The lowest BCUT2D eigenvalue weighted by molar-refractivity contribution is -0.0230. The van der Waals surface area contributed by atoms with Gasteiger partial charge in [0.1, 0.15) is 11.3 Å². The van der Waals surface area contributed by atoms with Gasteiger partial charge in [0.05, 0.1) is 0 Å². The fourth-order valence-electron chi connectivity index (χ4n) is 4.94. The largest absolute Gasteiger partial charge is 0.427 e. The second-order valence-corrected chi connectivity index (χ2v) is 8.48. The minimum absolute atomic E-state index is 0. The number of rotatable bonds is 2. The van der Waals surface area contributed by atoms with Crippen molar-refractivity contribution in [3.8, 4) is 0 Å². The molecule has 156 valence electrons. The fourth-order valence-corrected chi connectivity index (χ4v) is 4.94. The minimum atomic E-state index is -0.479. The van der Waals surface area contributed by atoms with E-state index in [1.807, 2.05) is 17.9 Å². The van der Waals surface area contributed by atoms with Gasteiger partial charge in [0.2, 0.25) is 0 Å². The third kappa shape index (κ3) is 4.29. The van der Waals surface area contributed by atoms with E-state index in [2.05, 4.69) is 5.32 Å². The number of aryl methyl sites for hydroxylation is 1. The van der Waals surface area contributed by atoms with E-state index in [-0.39, 0.29) is 35.2 Å². The van der Waals surface area contributed by atoms with E-state index in [0.29, 0.717) is 12.3 Å². The average Bonchev–Trinajstić information content (AvgIpc) is 2.68. The van der Waals surface area contributed by atoms with Crippen LogP contribution < -0.4 is 10.9 Å². The Bertz CT molecular complexity index is 746. The van der Waals surface area contributed by atoms with Crippen molar-refractivity contribution in [2.75, 3.05) is 39.4 Å². The summed E-state index contributed by atoms with van der Waals surface area (Å²) in [6.45, 7) is 6.68. The van der Waals surface area contributed by atoms with Crippen molar-refractivity contribution in [2.45, 2.75) is 51.4 Å². The smallest absolute Gasteiger partial charge is 0.349 e. The maximum Gasteiger partial charge on any atom is 0.349 e. The Hall–Kier alpha value is -1.37. The third-order valence-electron chi connectivity index (χ3n) is 6.58. The van der Waals surface area contributed by atoms with Gasteiger partial charge in [0.25, 0.3) is 5.91 Å². The number of ether oxygens (including phenoxy) is 1. The zero-order valence-corrected chi connectivity index (χ0v) is 17.4. The number of hydrogen-bond donors (Lipinski definition) is 1. The molecule has 0 radical (unpaired) electrons. The standard InChI is InChI=1S/C21H30N2O4.ClH/c1-15-12-17(16-4-2-8-22-13-16)27-20(25)18(15)19(24)23-9-3-5-21(14-23)6-10-26-11-7-21;/h12,16,22H,2-11,13-14H2,1H3;1H.